The van der Waals surface area contributed by atoms with E-state index in [9.17, 15) is 18.0 Å². The average molecular weight is 441 g/mol. The van der Waals surface area contributed by atoms with Gasteiger partial charge in [0.15, 0.2) is 0 Å². The van der Waals surface area contributed by atoms with Gasteiger partial charge in [0, 0.05) is 24.2 Å². The van der Waals surface area contributed by atoms with Gasteiger partial charge in [0.05, 0.1) is 17.4 Å². The van der Waals surface area contributed by atoms with Gasteiger partial charge < -0.3 is 5.32 Å². The van der Waals surface area contributed by atoms with E-state index in [1.165, 1.54) is 10.9 Å². The number of aromatic nitrogens is 4. The Morgan fingerprint density at radius 1 is 0.969 bits per heavy atom. The number of nitrogens with zero attached hydrogens (tertiary/aromatic N) is 4. The van der Waals surface area contributed by atoms with E-state index in [0.717, 1.165) is 29.0 Å². The average Bonchev–Trinajstić information content (AvgIpc) is 3.21. The Morgan fingerprint density at radius 2 is 1.69 bits per heavy atom. The maximum atomic E-state index is 12.7. The van der Waals surface area contributed by atoms with Gasteiger partial charge in [-0.3, -0.25) is 19.8 Å². The van der Waals surface area contributed by atoms with Crippen LogP contribution in [0, 0.1) is 0 Å². The van der Waals surface area contributed by atoms with Crippen LogP contribution in [0.4, 0.5) is 29.5 Å². The SMILES string of the molecule is O=C(Nc1cncc(C(F)(F)F)c1)Nc1c[n+](Cc2ccc(-c3ccncc3)cc2)no1. The van der Waals surface area contributed by atoms with Crippen molar-refractivity contribution in [3.05, 3.63) is 84.6 Å². The molecule has 0 aliphatic rings. The molecule has 3 heterocycles. The summed E-state index contributed by atoms with van der Waals surface area (Å²) in [6, 6.07) is 11.6. The number of halogens is 3. The zero-order valence-electron chi connectivity index (χ0n) is 16.4. The van der Waals surface area contributed by atoms with Crippen molar-refractivity contribution in [1.82, 2.24) is 15.2 Å². The first-order chi connectivity index (χ1) is 15.4. The Bertz CT molecular complexity index is 1210. The van der Waals surface area contributed by atoms with Gasteiger partial charge in [-0.1, -0.05) is 24.3 Å². The van der Waals surface area contributed by atoms with E-state index in [1.807, 2.05) is 36.4 Å². The minimum absolute atomic E-state index is 0.0239. The molecule has 2 N–H and O–H groups in total. The number of anilines is 2. The predicted octanol–water partition coefficient (Wildman–Crippen LogP) is 4.13. The third kappa shape index (κ3) is 5.25. The van der Waals surface area contributed by atoms with Crippen LogP contribution in [0.1, 0.15) is 11.1 Å². The molecule has 162 valence electrons. The highest BCUT2D eigenvalue weighted by atomic mass is 19.4. The lowest BCUT2D eigenvalue weighted by atomic mass is 10.1. The van der Waals surface area contributed by atoms with Crippen LogP contribution in [0.3, 0.4) is 0 Å². The van der Waals surface area contributed by atoms with Crippen LogP contribution in [0.15, 0.2) is 78.0 Å². The van der Waals surface area contributed by atoms with E-state index in [1.54, 1.807) is 12.4 Å². The molecule has 0 radical (unpaired) electrons. The van der Waals surface area contributed by atoms with Crippen molar-refractivity contribution in [3.8, 4) is 11.1 Å². The molecular weight excluding hydrogens is 425 g/mol. The van der Waals surface area contributed by atoms with Gasteiger partial charge in [0.2, 0.25) is 11.8 Å². The molecule has 0 fully saturated rings. The Balaban J connectivity index is 1.35. The van der Waals surface area contributed by atoms with Crippen LogP contribution in [0.25, 0.3) is 11.1 Å². The van der Waals surface area contributed by atoms with E-state index in [0.29, 0.717) is 12.7 Å². The number of hydrogen-bond donors (Lipinski definition) is 2. The molecule has 0 saturated heterocycles. The normalized spacial score (nSPS) is 11.2. The van der Waals surface area contributed by atoms with Gasteiger partial charge in [-0.25, -0.2) is 4.79 Å². The molecule has 0 bridgehead atoms. The van der Waals surface area contributed by atoms with Crippen molar-refractivity contribution < 1.29 is 27.2 Å². The molecule has 0 unspecified atom stereocenters. The largest absolute Gasteiger partial charge is 0.417 e. The minimum Gasteiger partial charge on any atom is -0.306 e. The number of urea groups is 1. The lowest BCUT2D eigenvalue weighted by Crippen LogP contribution is -2.35. The molecular formula is C21H16F3N6O2+. The Hall–Kier alpha value is -4.28. The van der Waals surface area contributed by atoms with Gasteiger partial charge >= 0.3 is 18.1 Å². The minimum atomic E-state index is -4.56. The quantitative estimate of drug-likeness (QED) is 0.454. The highest BCUT2D eigenvalue weighted by Crippen LogP contribution is 2.29. The van der Waals surface area contributed by atoms with Crippen LogP contribution in [-0.4, -0.2) is 21.3 Å². The van der Waals surface area contributed by atoms with Gasteiger partial charge in [-0.2, -0.15) is 13.2 Å². The fourth-order valence-electron chi connectivity index (χ4n) is 2.88. The number of alkyl halides is 3. The van der Waals surface area contributed by atoms with E-state index in [4.69, 9.17) is 4.52 Å². The first-order valence-corrected chi connectivity index (χ1v) is 9.33. The van der Waals surface area contributed by atoms with E-state index < -0.39 is 17.8 Å². The summed E-state index contributed by atoms with van der Waals surface area (Å²) in [7, 11) is 0. The molecule has 0 saturated carbocycles. The van der Waals surface area contributed by atoms with Gasteiger partial charge in [-0.05, 0) is 34.0 Å². The standard InChI is InChI=1S/C21H15F3N6O2/c22-21(23,24)17-9-18(11-26-10-17)27-20(31)28-19-13-30(29-32-19)12-14-1-3-15(4-2-14)16-5-7-25-8-6-16/h1-11,13H,12H2,(H-,27,28,29,31)/p+1. The fraction of sp³-hybridized carbons (Fsp3) is 0.0952. The molecule has 3 aromatic heterocycles. The second-order valence-electron chi connectivity index (χ2n) is 6.74. The Labute approximate surface area is 179 Å². The van der Waals surface area contributed by atoms with Crippen molar-refractivity contribution in [2.24, 2.45) is 0 Å². The maximum absolute atomic E-state index is 12.7. The number of rotatable bonds is 5. The van der Waals surface area contributed by atoms with Crippen LogP contribution < -0.4 is 15.3 Å². The number of carbonyl (C=O) groups is 1. The number of amides is 2. The first-order valence-electron chi connectivity index (χ1n) is 9.33. The zero-order chi connectivity index (χ0) is 22.6. The van der Waals surface area contributed by atoms with Crippen molar-refractivity contribution in [1.29, 1.82) is 0 Å². The molecule has 32 heavy (non-hydrogen) atoms. The number of carbonyl (C=O) groups excluding carboxylic acids is 1. The number of nitrogens with one attached hydrogen (secondary N) is 2. The highest BCUT2D eigenvalue weighted by Gasteiger charge is 2.31. The molecule has 1 aromatic carbocycles. The lowest BCUT2D eigenvalue weighted by molar-refractivity contribution is -0.754. The fourth-order valence-corrected chi connectivity index (χ4v) is 2.88. The van der Waals surface area contributed by atoms with Crippen molar-refractivity contribution in [3.63, 3.8) is 0 Å². The summed E-state index contributed by atoms with van der Waals surface area (Å²) in [6.45, 7) is 0.390. The topological polar surface area (TPSA) is 96.8 Å². The van der Waals surface area contributed by atoms with E-state index in [-0.39, 0.29) is 11.6 Å². The van der Waals surface area contributed by atoms with Crippen LogP contribution in [-0.2, 0) is 12.7 Å². The monoisotopic (exact) mass is 441 g/mol. The van der Waals surface area contributed by atoms with Crippen molar-refractivity contribution >= 4 is 17.6 Å². The van der Waals surface area contributed by atoms with Crippen molar-refractivity contribution in [2.45, 2.75) is 12.7 Å². The summed E-state index contributed by atoms with van der Waals surface area (Å²) in [5.74, 6) is 0.0239. The summed E-state index contributed by atoms with van der Waals surface area (Å²) in [5, 5.41) is 8.47. The molecule has 4 rings (SSSR count). The summed E-state index contributed by atoms with van der Waals surface area (Å²) in [6.07, 6.45) is 2.12. The van der Waals surface area contributed by atoms with Crippen LogP contribution in [0.2, 0.25) is 0 Å². The Morgan fingerprint density at radius 3 is 2.41 bits per heavy atom. The molecule has 0 aliphatic heterocycles. The van der Waals surface area contributed by atoms with Gasteiger partial charge in [-0.15, -0.1) is 0 Å². The van der Waals surface area contributed by atoms with Crippen molar-refractivity contribution in [2.75, 3.05) is 10.6 Å². The summed E-state index contributed by atoms with van der Waals surface area (Å²) in [4.78, 5) is 19.5. The molecule has 8 nitrogen and oxygen atoms in total. The molecule has 11 heteroatoms. The molecule has 2 amide bonds. The van der Waals surface area contributed by atoms with E-state index in [2.05, 4.69) is 25.9 Å². The summed E-state index contributed by atoms with van der Waals surface area (Å²) in [5.41, 5.74) is 1.97. The van der Waals surface area contributed by atoms with Crippen LogP contribution >= 0.6 is 0 Å². The summed E-state index contributed by atoms with van der Waals surface area (Å²) < 4.78 is 44.8. The number of hydrogen-bond acceptors (Lipinski definition) is 5. The predicted molar refractivity (Wildman–Crippen MR) is 107 cm³/mol. The molecule has 0 spiro atoms. The molecule has 0 atom stereocenters. The smallest absolute Gasteiger partial charge is 0.306 e. The highest BCUT2D eigenvalue weighted by molar-refractivity contribution is 5.98. The van der Waals surface area contributed by atoms with Gasteiger partial charge in [0.25, 0.3) is 6.20 Å². The number of benzene rings is 1. The van der Waals surface area contributed by atoms with Crippen LogP contribution in [0.5, 0.6) is 0 Å². The number of pyridine rings is 2. The third-order valence-corrected chi connectivity index (χ3v) is 4.38. The molecule has 4 aromatic rings. The second kappa shape index (κ2) is 8.84. The second-order valence-corrected chi connectivity index (χ2v) is 6.74. The zero-order valence-corrected chi connectivity index (χ0v) is 16.4. The lowest BCUT2D eigenvalue weighted by Gasteiger charge is -2.08. The first kappa shape index (κ1) is 21.0. The van der Waals surface area contributed by atoms with E-state index >= 15 is 0 Å². The summed E-state index contributed by atoms with van der Waals surface area (Å²) >= 11 is 0. The Kier molecular flexibility index (Phi) is 5.79. The molecule has 0 aliphatic carbocycles. The maximum Gasteiger partial charge on any atom is 0.417 e. The van der Waals surface area contributed by atoms with Gasteiger partial charge in [0.1, 0.15) is 0 Å². The third-order valence-electron chi connectivity index (χ3n) is 4.38.